The average molecular weight is 510 g/mol. The average Bonchev–Trinajstić information content (AvgIpc) is 3.21. The molecule has 0 bridgehead atoms. The summed E-state index contributed by atoms with van der Waals surface area (Å²) in [6.07, 6.45) is 2.24. The van der Waals surface area contributed by atoms with Crippen LogP contribution in [0.2, 0.25) is 0 Å². The molecular formula is C26H31N5O4S. The normalized spacial score (nSPS) is 16.3. The molecule has 0 aliphatic carbocycles. The number of pyridine rings is 1. The van der Waals surface area contributed by atoms with Gasteiger partial charge < -0.3 is 20.7 Å². The fourth-order valence-corrected chi connectivity index (χ4v) is 5.07. The lowest BCUT2D eigenvalue weighted by atomic mass is 9.97. The van der Waals surface area contributed by atoms with Crippen LogP contribution in [0.15, 0.2) is 48.7 Å². The van der Waals surface area contributed by atoms with Gasteiger partial charge in [0.2, 0.25) is 11.8 Å². The van der Waals surface area contributed by atoms with Crippen molar-refractivity contribution in [3.05, 3.63) is 59.1 Å². The lowest BCUT2D eigenvalue weighted by Crippen LogP contribution is -2.60. The largest absolute Gasteiger partial charge is 0.459 e. The van der Waals surface area contributed by atoms with Gasteiger partial charge in [-0.2, -0.15) is 0 Å². The van der Waals surface area contributed by atoms with Crippen LogP contribution in [0.25, 0.3) is 10.1 Å². The number of ether oxygens (including phenoxy) is 1. The van der Waals surface area contributed by atoms with E-state index in [0.717, 1.165) is 15.0 Å². The number of nitrogens with one attached hydrogen (secondary N) is 2. The van der Waals surface area contributed by atoms with Gasteiger partial charge in [0.05, 0.1) is 13.1 Å². The topological polar surface area (TPSA) is 127 Å². The Balaban J connectivity index is 1.40. The summed E-state index contributed by atoms with van der Waals surface area (Å²) in [5, 5.41) is 6.84. The van der Waals surface area contributed by atoms with Crippen LogP contribution in [0, 0.1) is 0 Å². The van der Waals surface area contributed by atoms with Gasteiger partial charge in [0, 0.05) is 27.7 Å². The standard InChI is InChI=1S/C26H31N5O4S/c1-26(2,3)35-21(32)15-29-22(16-7-5-4-6-8-16)25(34)31-12-10-19(31)24(33)30-14-17-13-18-20(36-17)9-11-28-23(18)27/h4-9,11,13,19,22,29H,10,12,14-15H2,1-3H3,(H2,27,28)(H,30,33). The Bertz CT molecular complexity index is 1250. The fraction of sp³-hybridized carbons (Fsp3) is 0.385. The molecule has 2 amide bonds. The molecule has 1 fully saturated rings. The Morgan fingerprint density at radius 2 is 1.97 bits per heavy atom. The van der Waals surface area contributed by atoms with Gasteiger partial charge in [-0.1, -0.05) is 30.3 Å². The minimum Gasteiger partial charge on any atom is -0.459 e. The highest BCUT2D eigenvalue weighted by molar-refractivity contribution is 7.19. The summed E-state index contributed by atoms with van der Waals surface area (Å²) in [6, 6.07) is 11.6. The second kappa shape index (κ2) is 10.6. The van der Waals surface area contributed by atoms with Crippen molar-refractivity contribution in [2.24, 2.45) is 0 Å². The van der Waals surface area contributed by atoms with E-state index in [1.165, 1.54) is 0 Å². The quantitative estimate of drug-likeness (QED) is 0.399. The smallest absolute Gasteiger partial charge is 0.320 e. The molecule has 0 radical (unpaired) electrons. The maximum atomic E-state index is 13.5. The summed E-state index contributed by atoms with van der Waals surface area (Å²) < 4.78 is 6.37. The predicted octanol–water partition coefficient (Wildman–Crippen LogP) is 2.77. The van der Waals surface area contributed by atoms with E-state index < -0.39 is 23.7 Å². The first-order valence-corrected chi connectivity index (χ1v) is 12.7. The first kappa shape index (κ1) is 25.6. The highest BCUT2D eigenvalue weighted by Crippen LogP contribution is 2.29. The number of rotatable bonds is 8. The van der Waals surface area contributed by atoms with Crippen molar-refractivity contribution in [2.75, 3.05) is 18.8 Å². The number of anilines is 1. The van der Waals surface area contributed by atoms with Crippen LogP contribution in [-0.2, 0) is 25.7 Å². The lowest BCUT2D eigenvalue weighted by Gasteiger charge is -2.41. The number of hydrogen-bond donors (Lipinski definition) is 3. The molecule has 1 aliphatic heterocycles. The summed E-state index contributed by atoms with van der Waals surface area (Å²) in [5.41, 5.74) is 6.03. The number of nitrogens with zero attached hydrogens (tertiary/aromatic N) is 2. The van der Waals surface area contributed by atoms with Gasteiger partial charge in [0.25, 0.3) is 0 Å². The summed E-state index contributed by atoms with van der Waals surface area (Å²) >= 11 is 1.54. The number of esters is 1. The van der Waals surface area contributed by atoms with Crippen LogP contribution in [0.1, 0.15) is 43.7 Å². The zero-order valence-corrected chi connectivity index (χ0v) is 21.4. The third kappa shape index (κ3) is 6.00. The van der Waals surface area contributed by atoms with E-state index in [0.29, 0.717) is 30.9 Å². The molecule has 4 N–H and O–H groups in total. The van der Waals surface area contributed by atoms with Crippen molar-refractivity contribution in [2.45, 2.75) is 51.4 Å². The molecule has 36 heavy (non-hydrogen) atoms. The second-order valence-corrected chi connectivity index (χ2v) is 10.9. The van der Waals surface area contributed by atoms with Gasteiger partial charge >= 0.3 is 5.97 Å². The van der Waals surface area contributed by atoms with Crippen molar-refractivity contribution in [3.8, 4) is 0 Å². The Morgan fingerprint density at radius 3 is 2.61 bits per heavy atom. The first-order valence-electron chi connectivity index (χ1n) is 11.8. The van der Waals surface area contributed by atoms with Crippen LogP contribution < -0.4 is 16.4 Å². The molecule has 2 atom stereocenters. The Labute approximate surface area is 214 Å². The highest BCUT2D eigenvalue weighted by Gasteiger charge is 2.40. The van der Waals surface area contributed by atoms with Gasteiger partial charge in [-0.05, 0) is 44.9 Å². The zero-order valence-electron chi connectivity index (χ0n) is 20.6. The molecule has 2 unspecified atom stereocenters. The van der Waals surface area contributed by atoms with E-state index >= 15 is 0 Å². The first-order chi connectivity index (χ1) is 17.1. The van der Waals surface area contributed by atoms with Crippen molar-refractivity contribution in [3.63, 3.8) is 0 Å². The maximum Gasteiger partial charge on any atom is 0.320 e. The third-order valence-electron chi connectivity index (χ3n) is 5.82. The molecule has 4 rings (SSSR count). The Hall–Kier alpha value is -3.50. The minimum atomic E-state index is -0.771. The summed E-state index contributed by atoms with van der Waals surface area (Å²) in [5.74, 6) is -0.454. The van der Waals surface area contributed by atoms with E-state index in [2.05, 4.69) is 15.6 Å². The highest BCUT2D eigenvalue weighted by atomic mass is 32.1. The van der Waals surface area contributed by atoms with E-state index in [4.69, 9.17) is 10.5 Å². The fourth-order valence-electron chi connectivity index (χ4n) is 4.06. The lowest BCUT2D eigenvalue weighted by molar-refractivity contribution is -0.154. The van der Waals surface area contributed by atoms with Crippen molar-refractivity contribution >= 4 is 45.0 Å². The number of fused-ring (bicyclic) bond motifs is 1. The molecule has 0 saturated carbocycles. The molecular weight excluding hydrogens is 478 g/mol. The number of thiophene rings is 1. The number of likely N-dealkylation sites (tertiary alicyclic amines) is 1. The molecule has 10 heteroatoms. The Morgan fingerprint density at radius 1 is 1.22 bits per heavy atom. The zero-order chi connectivity index (χ0) is 25.9. The molecule has 1 saturated heterocycles. The number of nitrogen functional groups attached to an aromatic ring is 1. The number of benzene rings is 1. The Kier molecular flexibility index (Phi) is 7.56. The van der Waals surface area contributed by atoms with Gasteiger partial charge in [0.15, 0.2) is 0 Å². The predicted molar refractivity (Wildman–Crippen MR) is 139 cm³/mol. The molecule has 9 nitrogen and oxygen atoms in total. The SMILES string of the molecule is CC(C)(C)OC(=O)CNC(C(=O)N1CCC1C(=O)NCc1cc2c(N)nccc2s1)c1ccccc1. The van der Waals surface area contributed by atoms with Crippen LogP contribution in [-0.4, -0.2) is 52.4 Å². The molecule has 1 aromatic carbocycles. The number of nitrogens with two attached hydrogens (primary N) is 1. The summed E-state index contributed by atoms with van der Waals surface area (Å²) in [7, 11) is 0. The van der Waals surface area contributed by atoms with Crippen LogP contribution >= 0.6 is 11.3 Å². The van der Waals surface area contributed by atoms with Crippen molar-refractivity contribution in [1.82, 2.24) is 20.5 Å². The molecule has 3 aromatic rings. The van der Waals surface area contributed by atoms with Crippen molar-refractivity contribution < 1.29 is 19.1 Å². The van der Waals surface area contributed by atoms with Crippen LogP contribution in [0.3, 0.4) is 0 Å². The molecule has 0 spiro atoms. The minimum absolute atomic E-state index is 0.128. The molecule has 190 valence electrons. The third-order valence-corrected chi connectivity index (χ3v) is 6.92. The second-order valence-electron chi connectivity index (χ2n) is 9.69. The number of amides is 2. The molecule has 3 heterocycles. The van der Waals surface area contributed by atoms with Crippen LogP contribution in [0.5, 0.6) is 0 Å². The summed E-state index contributed by atoms with van der Waals surface area (Å²) in [6.45, 7) is 6.06. The van der Waals surface area contributed by atoms with Gasteiger partial charge in [-0.3, -0.25) is 19.7 Å². The molecule has 1 aliphatic rings. The number of aromatic nitrogens is 1. The van der Waals surface area contributed by atoms with Gasteiger partial charge in [-0.15, -0.1) is 11.3 Å². The van der Waals surface area contributed by atoms with E-state index in [-0.39, 0.29) is 18.4 Å². The van der Waals surface area contributed by atoms with E-state index in [1.54, 1.807) is 43.2 Å². The van der Waals surface area contributed by atoms with Gasteiger partial charge in [0.1, 0.15) is 23.5 Å². The van der Waals surface area contributed by atoms with Gasteiger partial charge in [-0.25, -0.2) is 4.98 Å². The van der Waals surface area contributed by atoms with Crippen LogP contribution in [0.4, 0.5) is 5.82 Å². The maximum absolute atomic E-state index is 13.5. The van der Waals surface area contributed by atoms with Crippen molar-refractivity contribution in [1.29, 1.82) is 0 Å². The number of carbonyl (C=O) groups excluding carboxylic acids is 3. The number of carbonyl (C=O) groups is 3. The summed E-state index contributed by atoms with van der Waals surface area (Å²) in [4.78, 5) is 45.3. The van der Waals surface area contributed by atoms with E-state index in [9.17, 15) is 14.4 Å². The number of hydrogen-bond acceptors (Lipinski definition) is 8. The molecule has 2 aromatic heterocycles. The monoisotopic (exact) mass is 509 g/mol. The van der Waals surface area contributed by atoms with E-state index in [1.807, 2.05) is 42.5 Å².